The third-order valence-corrected chi connectivity index (χ3v) is 11.8. The fourth-order valence-corrected chi connectivity index (χ4v) is 9.38. The van der Waals surface area contributed by atoms with Gasteiger partial charge < -0.3 is 0 Å². The highest BCUT2D eigenvalue weighted by molar-refractivity contribution is 6.37. The summed E-state index contributed by atoms with van der Waals surface area (Å²) in [5, 5.41) is 31.8. The monoisotopic (exact) mass is 714 g/mol. The fourth-order valence-electron chi connectivity index (χ4n) is 9.12. The van der Waals surface area contributed by atoms with Gasteiger partial charge in [-0.1, -0.05) is 127 Å². The van der Waals surface area contributed by atoms with Gasteiger partial charge in [-0.15, -0.1) is 0 Å². The standard InChI is InChI=1S/C52H27ClN2/c53-47-27-45-44(26-43(47)42-24-34-8-1-3-10-36(34)38-12-5-6-13-39(38)42)48(32-20-16-30(28-54)17-21-32)51-41-15-7-14-40-37-11-4-2-9-35(37)25-46(50(40)41)52(51)49(45)33-22-18-31(29-55)19-23-33/h1-27H. The number of halogens is 1. The molecule has 1 aliphatic rings. The van der Waals surface area contributed by atoms with Crippen LogP contribution in [-0.2, 0) is 0 Å². The molecule has 0 saturated carbocycles. The Kier molecular flexibility index (Phi) is 6.77. The Labute approximate surface area is 322 Å². The topological polar surface area (TPSA) is 47.6 Å². The van der Waals surface area contributed by atoms with Crippen LogP contribution in [0.2, 0.25) is 5.02 Å². The molecule has 10 aromatic rings. The Morgan fingerprint density at radius 3 is 1.45 bits per heavy atom. The van der Waals surface area contributed by atoms with Crippen LogP contribution in [0.4, 0.5) is 0 Å². The van der Waals surface area contributed by atoms with E-state index < -0.39 is 0 Å². The predicted octanol–water partition coefficient (Wildman–Crippen LogP) is 14.5. The van der Waals surface area contributed by atoms with Gasteiger partial charge in [0.1, 0.15) is 0 Å². The maximum Gasteiger partial charge on any atom is 0.0991 e. The predicted molar refractivity (Wildman–Crippen MR) is 229 cm³/mol. The molecular weight excluding hydrogens is 688 g/mol. The highest BCUT2D eigenvalue weighted by Gasteiger charge is 2.32. The molecule has 0 spiro atoms. The summed E-state index contributed by atoms with van der Waals surface area (Å²) in [6.45, 7) is 0. The van der Waals surface area contributed by atoms with Gasteiger partial charge in [-0.25, -0.2) is 0 Å². The normalized spacial score (nSPS) is 11.7. The molecule has 0 atom stereocenters. The van der Waals surface area contributed by atoms with Crippen molar-refractivity contribution < 1.29 is 0 Å². The van der Waals surface area contributed by atoms with Crippen LogP contribution in [0.5, 0.6) is 0 Å². The van der Waals surface area contributed by atoms with E-state index in [0.29, 0.717) is 16.1 Å². The molecule has 0 N–H and O–H groups in total. The number of hydrogen-bond donors (Lipinski definition) is 0. The van der Waals surface area contributed by atoms with E-state index in [9.17, 15) is 10.5 Å². The number of nitrogens with zero attached hydrogens (tertiary/aromatic N) is 2. The Morgan fingerprint density at radius 2 is 0.836 bits per heavy atom. The lowest BCUT2D eigenvalue weighted by Crippen LogP contribution is -1.95. The van der Waals surface area contributed by atoms with Crippen LogP contribution in [0, 0.1) is 22.7 Å². The molecule has 1 aliphatic carbocycles. The van der Waals surface area contributed by atoms with E-state index in [0.717, 1.165) is 66.1 Å². The minimum Gasteiger partial charge on any atom is -0.192 e. The van der Waals surface area contributed by atoms with E-state index in [1.54, 1.807) is 0 Å². The third-order valence-electron chi connectivity index (χ3n) is 11.5. The lowest BCUT2D eigenvalue weighted by molar-refractivity contribution is 1.48. The molecule has 0 heterocycles. The summed E-state index contributed by atoms with van der Waals surface area (Å²) in [5.41, 5.74) is 12.1. The van der Waals surface area contributed by atoms with E-state index in [1.165, 1.54) is 43.4 Å². The summed E-state index contributed by atoms with van der Waals surface area (Å²) in [4.78, 5) is 0. The van der Waals surface area contributed by atoms with Crippen molar-refractivity contribution in [2.45, 2.75) is 0 Å². The van der Waals surface area contributed by atoms with E-state index >= 15 is 0 Å². The molecule has 0 aliphatic heterocycles. The van der Waals surface area contributed by atoms with Crippen LogP contribution in [0.25, 0.3) is 109 Å². The summed E-state index contributed by atoms with van der Waals surface area (Å²) in [6, 6.07) is 61.9. The van der Waals surface area contributed by atoms with Gasteiger partial charge in [0.15, 0.2) is 0 Å². The van der Waals surface area contributed by atoms with Gasteiger partial charge in [0.25, 0.3) is 0 Å². The quantitative estimate of drug-likeness (QED) is 0.171. The van der Waals surface area contributed by atoms with Crippen LogP contribution >= 0.6 is 11.6 Å². The minimum atomic E-state index is 0.610. The van der Waals surface area contributed by atoms with Gasteiger partial charge >= 0.3 is 0 Å². The van der Waals surface area contributed by atoms with Crippen molar-refractivity contribution in [3.05, 3.63) is 180 Å². The van der Waals surface area contributed by atoms with Gasteiger partial charge in [0.2, 0.25) is 0 Å². The molecule has 0 aromatic heterocycles. The van der Waals surface area contributed by atoms with Crippen molar-refractivity contribution in [1.29, 1.82) is 10.5 Å². The van der Waals surface area contributed by atoms with Gasteiger partial charge in [-0.2, -0.15) is 10.5 Å². The molecule has 0 radical (unpaired) electrons. The van der Waals surface area contributed by atoms with E-state index in [2.05, 4.69) is 152 Å². The van der Waals surface area contributed by atoms with Crippen molar-refractivity contribution in [3.63, 3.8) is 0 Å². The maximum atomic E-state index is 9.81. The summed E-state index contributed by atoms with van der Waals surface area (Å²) < 4.78 is 0. The molecule has 0 saturated heterocycles. The van der Waals surface area contributed by atoms with Crippen LogP contribution in [-0.4, -0.2) is 0 Å². The second-order valence-corrected chi connectivity index (χ2v) is 14.7. The lowest BCUT2D eigenvalue weighted by Gasteiger charge is -2.22. The smallest absolute Gasteiger partial charge is 0.0991 e. The number of nitriles is 2. The number of benzene rings is 10. The molecule has 55 heavy (non-hydrogen) atoms. The molecule has 0 unspecified atom stereocenters. The molecule has 0 fully saturated rings. The average molecular weight is 715 g/mol. The Bertz CT molecular complexity index is 3380. The number of hydrogen-bond acceptors (Lipinski definition) is 2. The molecule has 10 aromatic carbocycles. The second kappa shape index (κ2) is 11.9. The summed E-state index contributed by atoms with van der Waals surface area (Å²) in [5.74, 6) is 0. The summed E-state index contributed by atoms with van der Waals surface area (Å²) in [7, 11) is 0. The minimum absolute atomic E-state index is 0.610. The average Bonchev–Trinajstić information content (AvgIpc) is 3.56. The van der Waals surface area contributed by atoms with Crippen molar-refractivity contribution in [3.8, 4) is 67.8 Å². The van der Waals surface area contributed by atoms with E-state index in [-0.39, 0.29) is 0 Å². The van der Waals surface area contributed by atoms with Crippen molar-refractivity contribution >= 4 is 65.5 Å². The second-order valence-electron chi connectivity index (χ2n) is 14.3. The molecular formula is C52H27ClN2. The van der Waals surface area contributed by atoms with Crippen molar-refractivity contribution in [2.75, 3.05) is 0 Å². The van der Waals surface area contributed by atoms with Gasteiger partial charge in [-0.05, 0) is 152 Å². The fraction of sp³-hybridized carbons (Fsp3) is 0. The first-order valence-electron chi connectivity index (χ1n) is 18.3. The zero-order valence-corrected chi connectivity index (χ0v) is 30.1. The molecule has 11 rings (SSSR count). The first-order chi connectivity index (χ1) is 27.1. The van der Waals surface area contributed by atoms with Crippen molar-refractivity contribution in [2.24, 2.45) is 0 Å². The van der Waals surface area contributed by atoms with Gasteiger partial charge in [-0.3, -0.25) is 0 Å². The van der Waals surface area contributed by atoms with Crippen LogP contribution in [0.3, 0.4) is 0 Å². The van der Waals surface area contributed by atoms with Crippen molar-refractivity contribution in [1.82, 2.24) is 0 Å². The zero-order valence-electron chi connectivity index (χ0n) is 29.4. The highest BCUT2D eigenvalue weighted by atomic mass is 35.5. The van der Waals surface area contributed by atoms with Crippen LogP contribution in [0.15, 0.2) is 164 Å². The first kappa shape index (κ1) is 31.3. The molecule has 3 heteroatoms. The molecule has 0 amide bonds. The van der Waals surface area contributed by atoms with Gasteiger partial charge in [0, 0.05) is 10.6 Å². The number of rotatable bonds is 3. The largest absolute Gasteiger partial charge is 0.192 e. The molecule has 0 bridgehead atoms. The third kappa shape index (κ3) is 4.54. The highest BCUT2D eigenvalue weighted by Crippen LogP contribution is 2.59. The zero-order chi connectivity index (χ0) is 36.8. The Morgan fingerprint density at radius 1 is 0.345 bits per heavy atom. The van der Waals surface area contributed by atoms with Gasteiger partial charge in [0.05, 0.1) is 23.3 Å². The molecule has 252 valence electrons. The number of fused-ring (bicyclic) bond motifs is 9. The summed E-state index contributed by atoms with van der Waals surface area (Å²) >= 11 is 7.55. The Balaban J connectivity index is 1.35. The summed E-state index contributed by atoms with van der Waals surface area (Å²) in [6.07, 6.45) is 0. The maximum absolute atomic E-state index is 9.81. The first-order valence-corrected chi connectivity index (χ1v) is 18.7. The van der Waals surface area contributed by atoms with Crippen LogP contribution in [0.1, 0.15) is 11.1 Å². The molecule has 2 nitrogen and oxygen atoms in total. The lowest BCUT2D eigenvalue weighted by atomic mass is 9.81. The van der Waals surface area contributed by atoms with E-state index in [4.69, 9.17) is 11.6 Å². The van der Waals surface area contributed by atoms with Crippen LogP contribution < -0.4 is 0 Å². The van der Waals surface area contributed by atoms with E-state index in [1.807, 2.05) is 24.3 Å². The Hall–Kier alpha value is -7.23. The SMILES string of the molecule is N#Cc1ccc(-c2c3c(c(-c4ccc(C#N)cc4)c4cc(-c5cc6ccccc6c6ccccc56)c(Cl)cc24)-c2cccc4c2c-3cc2ccccc24)cc1.